The standard InChI is InChI=1S/C12H11BrO/c13-11-5-3-9-14-12-6-2-1-4-10(12)7-8-11/h1-6,8H,7,9H2/b5-3-,11-8+. The summed E-state index contributed by atoms with van der Waals surface area (Å²) in [5, 5.41) is 0. The molecule has 1 aromatic rings. The molecular formula is C12H11BrO. The SMILES string of the molecule is BrC1=C/Cc2ccccc2OC/C=C\1. The molecule has 0 atom stereocenters. The Labute approximate surface area is 92.2 Å². The van der Waals surface area contributed by atoms with E-state index in [0.29, 0.717) is 6.61 Å². The van der Waals surface area contributed by atoms with E-state index in [4.69, 9.17) is 4.74 Å². The Bertz CT molecular complexity index is 380. The van der Waals surface area contributed by atoms with Gasteiger partial charge in [-0.3, -0.25) is 0 Å². The molecule has 0 radical (unpaired) electrons. The molecule has 0 fully saturated rings. The molecule has 0 N–H and O–H groups in total. The van der Waals surface area contributed by atoms with Crippen LogP contribution in [0.4, 0.5) is 0 Å². The Morgan fingerprint density at radius 3 is 3.00 bits per heavy atom. The third-order valence-corrected chi connectivity index (χ3v) is 2.69. The van der Waals surface area contributed by atoms with E-state index in [9.17, 15) is 0 Å². The highest BCUT2D eigenvalue weighted by molar-refractivity contribution is 9.11. The van der Waals surface area contributed by atoms with Gasteiger partial charge in [0, 0.05) is 4.48 Å². The quantitative estimate of drug-likeness (QED) is 0.686. The Balaban J connectivity index is 2.33. The first-order valence-electron chi connectivity index (χ1n) is 4.59. The van der Waals surface area contributed by atoms with Crippen LogP contribution in [0.5, 0.6) is 5.75 Å². The summed E-state index contributed by atoms with van der Waals surface area (Å²) >= 11 is 3.48. The Kier molecular flexibility index (Phi) is 3.04. The van der Waals surface area contributed by atoms with Gasteiger partial charge in [-0.15, -0.1) is 0 Å². The van der Waals surface area contributed by atoms with Gasteiger partial charge in [0.25, 0.3) is 0 Å². The van der Waals surface area contributed by atoms with E-state index in [-0.39, 0.29) is 0 Å². The van der Waals surface area contributed by atoms with Crippen LogP contribution in [0.25, 0.3) is 0 Å². The highest BCUT2D eigenvalue weighted by atomic mass is 79.9. The summed E-state index contributed by atoms with van der Waals surface area (Å²) in [6.07, 6.45) is 7.07. The largest absolute Gasteiger partial charge is 0.489 e. The van der Waals surface area contributed by atoms with E-state index in [1.807, 2.05) is 30.4 Å². The molecule has 0 amide bonds. The molecule has 1 nitrogen and oxygen atoms in total. The van der Waals surface area contributed by atoms with Crippen LogP contribution < -0.4 is 4.74 Å². The highest BCUT2D eigenvalue weighted by Gasteiger charge is 2.02. The molecule has 0 aromatic heterocycles. The molecule has 1 aliphatic heterocycles. The van der Waals surface area contributed by atoms with Crippen LogP contribution in [0.15, 0.2) is 47.0 Å². The lowest BCUT2D eigenvalue weighted by atomic mass is 10.1. The minimum Gasteiger partial charge on any atom is -0.489 e. The third kappa shape index (κ3) is 2.26. The van der Waals surface area contributed by atoms with Gasteiger partial charge in [-0.1, -0.05) is 40.2 Å². The van der Waals surface area contributed by atoms with Crippen LogP contribution in [0.2, 0.25) is 0 Å². The summed E-state index contributed by atoms with van der Waals surface area (Å²) in [5.74, 6) is 0.982. The van der Waals surface area contributed by atoms with E-state index in [1.54, 1.807) is 0 Å². The summed E-state index contributed by atoms with van der Waals surface area (Å²) in [5.41, 5.74) is 1.23. The van der Waals surface area contributed by atoms with E-state index < -0.39 is 0 Å². The van der Waals surface area contributed by atoms with Gasteiger partial charge in [0.05, 0.1) is 0 Å². The van der Waals surface area contributed by atoms with Crippen LogP contribution in [-0.4, -0.2) is 6.61 Å². The molecule has 1 heterocycles. The molecule has 0 bridgehead atoms. The Morgan fingerprint density at radius 1 is 1.21 bits per heavy atom. The lowest BCUT2D eigenvalue weighted by molar-refractivity contribution is 0.360. The van der Waals surface area contributed by atoms with E-state index >= 15 is 0 Å². The number of ether oxygens (including phenoxy) is 1. The van der Waals surface area contributed by atoms with Gasteiger partial charge in [-0.2, -0.15) is 0 Å². The lowest BCUT2D eigenvalue weighted by Gasteiger charge is -2.07. The minimum absolute atomic E-state index is 0.625. The van der Waals surface area contributed by atoms with Gasteiger partial charge in [0.2, 0.25) is 0 Å². The molecule has 2 rings (SSSR count). The second kappa shape index (κ2) is 4.47. The zero-order valence-electron chi connectivity index (χ0n) is 7.74. The summed E-state index contributed by atoms with van der Waals surface area (Å²) in [6.45, 7) is 0.625. The van der Waals surface area contributed by atoms with Crippen molar-refractivity contribution in [3.63, 3.8) is 0 Å². The Morgan fingerprint density at radius 2 is 2.07 bits per heavy atom. The summed E-state index contributed by atoms with van der Waals surface area (Å²) in [4.78, 5) is 0. The average molecular weight is 251 g/mol. The summed E-state index contributed by atoms with van der Waals surface area (Å²) in [6, 6.07) is 8.14. The molecule has 0 saturated heterocycles. The fourth-order valence-corrected chi connectivity index (χ4v) is 1.74. The third-order valence-electron chi connectivity index (χ3n) is 2.10. The number of halogens is 1. The van der Waals surface area contributed by atoms with Crippen molar-refractivity contribution in [3.05, 3.63) is 52.5 Å². The number of allylic oxidation sites excluding steroid dienone is 3. The smallest absolute Gasteiger partial charge is 0.123 e. The molecular weight excluding hydrogens is 240 g/mol. The van der Waals surface area contributed by atoms with E-state index in [1.165, 1.54) is 5.56 Å². The van der Waals surface area contributed by atoms with Crippen LogP contribution in [0.1, 0.15) is 5.56 Å². The number of hydrogen-bond donors (Lipinski definition) is 0. The number of hydrogen-bond acceptors (Lipinski definition) is 1. The van der Waals surface area contributed by atoms with Crippen molar-refractivity contribution >= 4 is 15.9 Å². The summed E-state index contributed by atoms with van der Waals surface area (Å²) in [7, 11) is 0. The van der Waals surface area contributed by atoms with Crippen molar-refractivity contribution in [2.24, 2.45) is 0 Å². The van der Waals surface area contributed by atoms with Crippen molar-refractivity contribution in [1.82, 2.24) is 0 Å². The number of benzene rings is 1. The van der Waals surface area contributed by atoms with Crippen molar-refractivity contribution in [1.29, 1.82) is 0 Å². The second-order valence-corrected chi connectivity index (χ2v) is 4.03. The number of para-hydroxylation sites is 1. The highest BCUT2D eigenvalue weighted by Crippen LogP contribution is 2.21. The van der Waals surface area contributed by atoms with Gasteiger partial charge in [-0.25, -0.2) is 0 Å². The first-order chi connectivity index (χ1) is 6.86. The van der Waals surface area contributed by atoms with Crippen molar-refractivity contribution in [2.75, 3.05) is 6.61 Å². The zero-order valence-corrected chi connectivity index (χ0v) is 9.33. The normalized spacial score (nSPS) is 21.6. The molecule has 14 heavy (non-hydrogen) atoms. The van der Waals surface area contributed by atoms with Gasteiger partial charge < -0.3 is 4.74 Å². The average Bonchev–Trinajstić information content (AvgIpc) is 2.30. The van der Waals surface area contributed by atoms with Crippen molar-refractivity contribution in [3.8, 4) is 5.75 Å². The van der Waals surface area contributed by atoms with Gasteiger partial charge in [0.1, 0.15) is 12.4 Å². The second-order valence-electron chi connectivity index (χ2n) is 3.11. The molecule has 1 aliphatic rings. The molecule has 0 saturated carbocycles. The molecule has 0 unspecified atom stereocenters. The van der Waals surface area contributed by atoms with Crippen LogP contribution in [-0.2, 0) is 6.42 Å². The fourth-order valence-electron chi connectivity index (χ4n) is 1.39. The van der Waals surface area contributed by atoms with Gasteiger partial charge in [0.15, 0.2) is 0 Å². The Hall–Kier alpha value is -1.02. The molecule has 2 heteroatoms. The maximum atomic E-state index is 5.62. The lowest BCUT2D eigenvalue weighted by Crippen LogP contribution is -1.95. The predicted molar refractivity (Wildman–Crippen MR) is 61.8 cm³/mol. The molecule has 72 valence electrons. The summed E-state index contributed by atoms with van der Waals surface area (Å²) < 4.78 is 6.72. The minimum atomic E-state index is 0.625. The first kappa shape index (κ1) is 9.53. The fraction of sp³-hybridized carbons (Fsp3) is 0.167. The maximum absolute atomic E-state index is 5.62. The molecule has 0 aliphatic carbocycles. The topological polar surface area (TPSA) is 9.23 Å². The van der Waals surface area contributed by atoms with E-state index in [2.05, 4.69) is 28.1 Å². The maximum Gasteiger partial charge on any atom is 0.123 e. The van der Waals surface area contributed by atoms with E-state index in [0.717, 1.165) is 16.7 Å². The molecule has 1 aromatic carbocycles. The van der Waals surface area contributed by atoms with Gasteiger partial charge in [-0.05, 0) is 30.2 Å². The van der Waals surface area contributed by atoms with Crippen LogP contribution >= 0.6 is 15.9 Å². The predicted octanol–water partition coefficient (Wildman–Crippen LogP) is 3.46. The number of fused-ring (bicyclic) bond motifs is 1. The van der Waals surface area contributed by atoms with Crippen molar-refractivity contribution < 1.29 is 4.74 Å². The zero-order chi connectivity index (χ0) is 9.80. The number of rotatable bonds is 0. The van der Waals surface area contributed by atoms with Crippen LogP contribution in [0.3, 0.4) is 0 Å². The molecule has 0 spiro atoms. The monoisotopic (exact) mass is 250 g/mol. The van der Waals surface area contributed by atoms with Gasteiger partial charge >= 0.3 is 0 Å². The van der Waals surface area contributed by atoms with Crippen molar-refractivity contribution in [2.45, 2.75) is 6.42 Å². The van der Waals surface area contributed by atoms with Crippen LogP contribution in [0, 0.1) is 0 Å². The first-order valence-corrected chi connectivity index (χ1v) is 5.38.